The zero-order valence-electron chi connectivity index (χ0n) is 13.2. The maximum atomic E-state index is 10.9. The van der Waals surface area contributed by atoms with Crippen LogP contribution in [0.5, 0.6) is 5.75 Å². The standard InChI is InChI=1S/C17H12N4O5/c22-15-9-11(17(23)24)4-5-14(15)18-16-7-6-13(19-20-16)10-2-1-3-12(8-10)21(25)26/h1-9,22H,(H,18,20)(H,23,24). The lowest BCUT2D eigenvalue weighted by molar-refractivity contribution is -0.384. The van der Waals surface area contributed by atoms with Crippen LogP contribution in [-0.2, 0) is 0 Å². The summed E-state index contributed by atoms with van der Waals surface area (Å²) < 4.78 is 0. The van der Waals surface area contributed by atoms with Crippen LogP contribution in [-0.4, -0.2) is 31.3 Å². The third-order valence-corrected chi connectivity index (χ3v) is 3.52. The summed E-state index contributed by atoms with van der Waals surface area (Å²) in [6, 6.07) is 13.1. The predicted octanol–water partition coefficient (Wildman–Crippen LogP) is 3.20. The molecule has 2 aromatic carbocycles. The number of hydrogen-bond donors (Lipinski definition) is 3. The Labute approximate surface area is 146 Å². The second kappa shape index (κ2) is 6.85. The Morgan fingerprint density at radius 3 is 2.50 bits per heavy atom. The molecule has 1 heterocycles. The van der Waals surface area contributed by atoms with Crippen LogP contribution in [0, 0.1) is 10.1 Å². The molecule has 0 saturated carbocycles. The Kier molecular flexibility index (Phi) is 4.44. The van der Waals surface area contributed by atoms with Gasteiger partial charge in [-0.2, -0.15) is 0 Å². The van der Waals surface area contributed by atoms with Crippen LogP contribution >= 0.6 is 0 Å². The van der Waals surface area contributed by atoms with E-state index in [0.717, 1.165) is 6.07 Å². The first kappa shape index (κ1) is 16.8. The number of aromatic carboxylic acids is 1. The minimum atomic E-state index is -1.15. The van der Waals surface area contributed by atoms with E-state index < -0.39 is 10.9 Å². The summed E-state index contributed by atoms with van der Waals surface area (Å²) in [5.74, 6) is -1.07. The molecule has 0 fully saturated rings. The monoisotopic (exact) mass is 352 g/mol. The summed E-state index contributed by atoms with van der Waals surface area (Å²) in [5, 5.41) is 40.4. The zero-order chi connectivity index (χ0) is 18.7. The van der Waals surface area contributed by atoms with Gasteiger partial charge in [-0.05, 0) is 30.3 Å². The summed E-state index contributed by atoms with van der Waals surface area (Å²) in [5.41, 5.74) is 1.18. The van der Waals surface area contributed by atoms with E-state index in [9.17, 15) is 20.0 Å². The van der Waals surface area contributed by atoms with E-state index in [1.807, 2.05) is 0 Å². The first-order chi connectivity index (χ1) is 12.4. The van der Waals surface area contributed by atoms with Gasteiger partial charge in [0.2, 0.25) is 0 Å². The lowest BCUT2D eigenvalue weighted by Crippen LogP contribution is -1.99. The van der Waals surface area contributed by atoms with Gasteiger partial charge >= 0.3 is 5.97 Å². The van der Waals surface area contributed by atoms with E-state index in [1.165, 1.54) is 24.3 Å². The summed E-state index contributed by atoms with van der Waals surface area (Å²) in [4.78, 5) is 21.2. The Bertz CT molecular complexity index is 989. The molecule has 0 bridgehead atoms. The van der Waals surface area contributed by atoms with Crippen molar-refractivity contribution in [2.75, 3.05) is 5.32 Å². The van der Waals surface area contributed by atoms with E-state index in [2.05, 4.69) is 15.5 Å². The van der Waals surface area contributed by atoms with Gasteiger partial charge in [-0.3, -0.25) is 10.1 Å². The molecular weight excluding hydrogens is 340 g/mol. The molecular formula is C17H12N4O5. The fourth-order valence-corrected chi connectivity index (χ4v) is 2.24. The minimum absolute atomic E-state index is 0.0415. The van der Waals surface area contributed by atoms with E-state index >= 15 is 0 Å². The van der Waals surface area contributed by atoms with E-state index in [0.29, 0.717) is 17.1 Å². The minimum Gasteiger partial charge on any atom is -0.506 e. The number of aromatic hydroxyl groups is 1. The Hall–Kier alpha value is -4.01. The van der Waals surface area contributed by atoms with Crippen LogP contribution in [0.25, 0.3) is 11.3 Å². The summed E-state index contributed by atoms with van der Waals surface area (Å²) in [6.07, 6.45) is 0. The number of phenols is 1. The molecule has 0 amide bonds. The predicted molar refractivity (Wildman–Crippen MR) is 92.5 cm³/mol. The molecule has 3 aromatic rings. The SMILES string of the molecule is O=C(O)c1ccc(Nc2ccc(-c3cccc([N+](=O)[O-])c3)nn2)c(O)c1. The van der Waals surface area contributed by atoms with E-state index in [4.69, 9.17) is 5.11 Å². The molecule has 3 rings (SSSR count). The zero-order valence-corrected chi connectivity index (χ0v) is 13.2. The van der Waals surface area contributed by atoms with Crippen molar-refractivity contribution >= 4 is 23.2 Å². The molecule has 9 heteroatoms. The van der Waals surface area contributed by atoms with Crippen molar-refractivity contribution in [1.82, 2.24) is 10.2 Å². The molecule has 0 aliphatic carbocycles. The van der Waals surface area contributed by atoms with E-state index in [1.54, 1.807) is 24.3 Å². The number of nitro groups is 1. The number of anilines is 2. The second-order valence-electron chi connectivity index (χ2n) is 5.27. The third kappa shape index (κ3) is 3.56. The fourth-order valence-electron chi connectivity index (χ4n) is 2.24. The molecule has 3 N–H and O–H groups in total. The molecule has 0 atom stereocenters. The number of carboxylic acids is 1. The van der Waals surface area contributed by atoms with Crippen LogP contribution in [0.1, 0.15) is 10.4 Å². The van der Waals surface area contributed by atoms with Crippen LogP contribution in [0.15, 0.2) is 54.6 Å². The topological polar surface area (TPSA) is 138 Å². The number of non-ortho nitro benzene ring substituents is 1. The quantitative estimate of drug-likeness (QED) is 0.361. The Morgan fingerprint density at radius 2 is 1.88 bits per heavy atom. The Balaban J connectivity index is 1.81. The van der Waals surface area contributed by atoms with Crippen molar-refractivity contribution in [3.8, 4) is 17.0 Å². The molecule has 0 aliphatic rings. The highest BCUT2D eigenvalue weighted by Crippen LogP contribution is 2.28. The van der Waals surface area contributed by atoms with Crippen LogP contribution < -0.4 is 5.32 Å². The average Bonchev–Trinajstić information content (AvgIpc) is 2.64. The van der Waals surface area contributed by atoms with Gasteiger partial charge in [0.1, 0.15) is 5.75 Å². The van der Waals surface area contributed by atoms with Crippen molar-refractivity contribution in [2.45, 2.75) is 0 Å². The van der Waals surface area contributed by atoms with Gasteiger partial charge in [-0.25, -0.2) is 4.79 Å². The van der Waals surface area contributed by atoms with Gasteiger partial charge in [-0.1, -0.05) is 12.1 Å². The number of carboxylic acid groups (broad SMARTS) is 1. The normalized spacial score (nSPS) is 10.3. The number of phenolic OH excluding ortho intramolecular Hbond substituents is 1. The van der Waals surface area contributed by atoms with Gasteiger partial charge in [0, 0.05) is 17.7 Å². The fraction of sp³-hybridized carbons (Fsp3) is 0. The summed E-state index contributed by atoms with van der Waals surface area (Å²) in [7, 11) is 0. The first-order valence-electron chi connectivity index (χ1n) is 7.36. The molecule has 26 heavy (non-hydrogen) atoms. The molecule has 9 nitrogen and oxygen atoms in total. The highest BCUT2D eigenvalue weighted by Gasteiger charge is 2.10. The number of aromatic nitrogens is 2. The van der Waals surface area contributed by atoms with Gasteiger partial charge in [-0.15, -0.1) is 10.2 Å². The van der Waals surface area contributed by atoms with Crippen LogP contribution in [0.3, 0.4) is 0 Å². The maximum Gasteiger partial charge on any atom is 0.335 e. The first-order valence-corrected chi connectivity index (χ1v) is 7.36. The number of nitrogens with zero attached hydrogens (tertiary/aromatic N) is 3. The molecule has 0 saturated heterocycles. The highest BCUT2D eigenvalue weighted by molar-refractivity contribution is 5.89. The molecule has 0 unspecified atom stereocenters. The molecule has 1 aromatic heterocycles. The largest absolute Gasteiger partial charge is 0.506 e. The van der Waals surface area contributed by atoms with Gasteiger partial charge in [0.05, 0.1) is 21.9 Å². The molecule has 0 spiro atoms. The van der Waals surface area contributed by atoms with E-state index in [-0.39, 0.29) is 22.7 Å². The van der Waals surface area contributed by atoms with Gasteiger partial charge < -0.3 is 15.5 Å². The molecule has 130 valence electrons. The number of nitro benzene ring substituents is 1. The van der Waals surface area contributed by atoms with Gasteiger partial charge in [0.15, 0.2) is 5.82 Å². The lowest BCUT2D eigenvalue weighted by atomic mass is 10.1. The van der Waals surface area contributed by atoms with Crippen LogP contribution in [0.4, 0.5) is 17.2 Å². The number of rotatable bonds is 5. The average molecular weight is 352 g/mol. The number of hydrogen-bond acceptors (Lipinski definition) is 7. The van der Waals surface area contributed by atoms with Gasteiger partial charge in [0.25, 0.3) is 5.69 Å². The lowest BCUT2D eigenvalue weighted by Gasteiger charge is -2.08. The molecule has 0 aliphatic heterocycles. The van der Waals surface area contributed by atoms with Crippen molar-refractivity contribution in [1.29, 1.82) is 0 Å². The smallest absolute Gasteiger partial charge is 0.335 e. The van der Waals surface area contributed by atoms with Crippen molar-refractivity contribution in [2.24, 2.45) is 0 Å². The number of nitrogens with one attached hydrogen (secondary N) is 1. The highest BCUT2D eigenvalue weighted by atomic mass is 16.6. The Morgan fingerprint density at radius 1 is 1.08 bits per heavy atom. The van der Waals surface area contributed by atoms with Crippen molar-refractivity contribution in [3.05, 3.63) is 70.3 Å². The third-order valence-electron chi connectivity index (χ3n) is 3.52. The summed E-state index contributed by atoms with van der Waals surface area (Å²) >= 11 is 0. The molecule has 0 radical (unpaired) electrons. The van der Waals surface area contributed by atoms with Crippen LogP contribution in [0.2, 0.25) is 0 Å². The number of carbonyl (C=O) groups is 1. The van der Waals surface area contributed by atoms with Crippen molar-refractivity contribution in [3.63, 3.8) is 0 Å². The summed E-state index contributed by atoms with van der Waals surface area (Å²) in [6.45, 7) is 0. The number of benzene rings is 2. The van der Waals surface area contributed by atoms with Crippen molar-refractivity contribution < 1.29 is 19.9 Å². The second-order valence-corrected chi connectivity index (χ2v) is 5.27. The maximum absolute atomic E-state index is 10.9.